The summed E-state index contributed by atoms with van der Waals surface area (Å²) in [5.41, 5.74) is 2.10. The van der Waals surface area contributed by atoms with Crippen LogP contribution < -0.4 is 10.0 Å². The zero-order valence-corrected chi connectivity index (χ0v) is 11.2. The first kappa shape index (κ1) is 12.7. The van der Waals surface area contributed by atoms with Gasteiger partial charge >= 0.3 is 0 Å². The fraction of sp³-hybridized carbons (Fsp3) is 0.167. The van der Waals surface area contributed by atoms with Gasteiger partial charge in [0.2, 0.25) is 5.91 Å². The Hall–Kier alpha value is -2.35. The van der Waals surface area contributed by atoms with E-state index >= 15 is 0 Å². The molecule has 104 valence electrons. The quantitative estimate of drug-likeness (QED) is 0.787. The van der Waals surface area contributed by atoms with E-state index in [0.717, 1.165) is 11.3 Å². The van der Waals surface area contributed by atoms with Gasteiger partial charge in [-0.3, -0.25) is 14.6 Å². The smallest absolute Gasteiger partial charge is 0.265 e. The maximum atomic E-state index is 12.0. The lowest BCUT2D eigenvalue weighted by atomic mass is 10.0. The zero-order chi connectivity index (χ0) is 14.2. The Labute approximate surface area is 115 Å². The topological polar surface area (TPSA) is 104 Å². The van der Waals surface area contributed by atoms with Gasteiger partial charge in [0.05, 0.1) is 6.20 Å². The Morgan fingerprint density at radius 2 is 2.10 bits per heavy atom. The van der Waals surface area contributed by atoms with Crippen LogP contribution in [-0.2, 0) is 21.2 Å². The van der Waals surface area contributed by atoms with Crippen molar-refractivity contribution < 1.29 is 13.2 Å². The van der Waals surface area contributed by atoms with Gasteiger partial charge in [-0.25, -0.2) is 8.42 Å². The minimum atomic E-state index is -3.64. The number of H-pyrrole nitrogens is 1. The van der Waals surface area contributed by atoms with Gasteiger partial charge in [-0.15, -0.1) is 0 Å². The highest BCUT2D eigenvalue weighted by molar-refractivity contribution is 7.92. The molecule has 2 aromatic rings. The number of aromatic nitrogens is 2. The molecule has 1 amide bonds. The van der Waals surface area contributed by atoms with Crippen LogP contribution in [0.3, 0.4) is 0 Å². The second kappa shape index (κ2) is 4.64. The van der Waals surface area contributed by atoms with Gasteiger partial charge in [-0.05, 0) is 30.2 Å². The molecule has 0 radical (unpaired) electrons. The van der Waals surface area contributed by atoms with Crippen LogP contribution in [0.25, 0.3) is 0 Å². The number of aryl methyl sites for hydroxylation is 1. The van der Waals surface area contributed by atoms with Crippen LogP contribution in [0.15, 0.2) is 35.5 Å². The molecule has 0 atom stereocenters. The monoisotopic (exact) mass is 292 g/mol. The summed E-state index contributed by atoms with van der Waals surface area (Å²) in [6, 6.07) is 5.04. The summed E-state index contributed by atoms with van der Waals surface area (Å²) >= 11 is 0. The molecule has 3 N–H and O–H groups in total. The summed E-state index contributed by atoms with van der Waals surface area (Å²) in [5.74, 6) is -0.0239. The van der Waals surface area contributed by atoms with Gasteiger partial charge < -0.3 is 5.32 Å². The molecule has 1 aliphatic heterocycles. The van der Waals surface area contributed by atoms with Crippen LogP contribution >= 0.6 is 0 Å². The third-order valence-electron chi connectivity index (χ3n) is 3.04. The Balaban J connectivity index is 1.88. The molecule has 1 aliphatic rings. The first-order chi connectivity index (χ1) is 9.54. The van der Waals surface area contributed by atoms with E-state index in [2.05, 4.69) is 20.2 Å². The van der Waals surface area contributed by atoms with Crippen molar-refractivity contribution in [2.75, 3.05) is 10.0 Å². The van der Waals surface area contributed by atoms with Crippen molar-refractivity contribution in [1.29, 1.82) is 0 Å². The largest absolute Gasteiger partial charge is 0.326 e. The lowest BCUT2D eigenvalue weighted by Gasteiger charge is -2.17. The highest BCUT2D eigenvalue weighted by atomic mass is 32.2. The summed E-state index contributed by atoms with van der Waals surface area (Å²) in [5, 5.41) is 8.82. The van der Waals surface area contributed by atoms with Crippen LogP contribution in [0, 0.1) is 0 Å². The third-order valence-corrected chi connectivity index (χ3v) is 4.38. The molecular weight excluding hydrogens is 280 g/mol. The van der Waals surface area contributed by atoms with E-state index in [0.29, 0.717) is 18.5 Å². The second-order valence-corrected chi connectivity index (χ2v) is 6.14. The average molecular weight is 292 g/mol. The lowest BCUT2D eigenvalue weighted by molar-refractivity contribution is -0.116. The summed E-state index contributed by atoms with van der Waals surface area (Å²) in [6.07, 6.45) is 3.55. The number of carbonyl (C=O) groups excluding carboxylic acids is 1. The highest BCUT2D eigenvalue weighted by Gasteiger charge is 2.18. The number of hydrogen-bond donors (Lipinski definition) is 3. The Morgan fingerprint density at radius 3 is 2.85 bits per heavy atom. The van der Waals surface area contributed by atoms with Gasteiger partial charge in [0, 0.05) is 24.0 Å². The molecule has 0 saturated carbocycles. The third kappa shape index (κ3) is 2.37. The summed E-state index contributed by atoms with van der Waals surface area (Å²) in [4.78, 5) is 11.3. The van der Waals surface area contributed by atoms with E-state index in [1.807, 2.05) is 0 Å². The maximum absolute atomic E-state index is 12.0. The van der Waals surface area contributed by atoms with Crippen molar-refractivity contribution in [3.8, 4) is 0 Å². The van der Waals surface area contributed by atoms with Crippen LogP contribution in [0.2, 0.25) is 0 Å². The van der Waals surface area contributed by atoms with E-state index in [4.69, 9.17) is 0 Å². The minimum Gasteiger partial charge on any atom is -0.326 e. The van der Waals surface area contributed by atoms with Crippen molar-refractivity contribution >= 4 is 27.3 Å². The molecule has 0 fully saturated rings. The minimum absolute atomic E-state index is 0.0239. The van der Waals surface area contributed by atoms with Gasteiger partial charge in [-0.1, -0.05) is 0 Å². The molecule has 0 spiro atoms. The number of amides is 1. The van der Waals surface area contributed by atoms with Crippen LogP contribution in [0.5, 0.6) is 0 Å². The summed E-state index contributed by atoms with van der Waals surface area (Å²) < 4.78 is 26.6. The summed E-state index contributed by atoms with van der Waals surface area (Å²) in [6.45, 7) is 0. The molecule has 7 nitrogen and oxygen atoms in total. The van der Waals surface area contributed by atoms with Crippen molar-refractivity contribution in [1.82, 2.24) is 10.2 Å². The Morgan fingerprint density at radius 1 is 1.25 bits per heavy atom. The Bertz CT molecular complexity index is 753. The van der Waals surface area contributed by atoms with Crippen molar-refractivity contribution in [3.63, 3.8) is 0 Å². The van der Waals surface area contributed by atoms with E-state index < -0.39 is 10.0 Å². The molecule has 2 heterocycles. The standard InChI is InChI=1S/C12H12N4O3S/c17-12-4-1-8-5-9(2-3-11(8)15-12)16-20(18,19)10-6-13-14-7-10/h2-3,5-7,16H,1,4H2,(H,13,14)(H,15,17). The fourth-order valence-corrected chi connectivity index (χ4v) is 3.00. The number of hydrogen-bond acceptors (Lipinski definition) is 4. The molecular formula is C12H12N4O3S. The van der Waals surface area contributed by atoms with Gasteiger partial charge in [0.25, 0.3) is 10.0 Å². The van der Waals surface area contributed by atoms with Crippen molar-refractivity contribution in [2.45, 2.75) is 17.7 Å². The molecule has 1 aromatic carbocycles. The van der Waals surface area contributed by atoms with Crippen LogP contribution in [0.1, 0.15) is 12.0 Å². The summed E-state index contributed by atoms with van der Waals surface area (Å²) in [7, 11) is -3.64. The number of anilines is 2. The number of sulfonamides is 1. The first-order valence-electron chi connectivity index (χ1n) is 5.99. The predicted octanol–water partition coefficient (Wildman–Crippen LogP) is 1.10. The number of benzene rings is 1. The van der Waals surface area contributed by atoms with Gasteiger partial charge in [0.1, 0.15) is 4.90 Å². The van der Waals surface area contributed by atoms with Gasteiger partial charge in [0.15, 0.2) is 0 Å². The normalized spacial score (nSPS) is 14.5. The molecule has 0 unspecified atom stereocenters. The molecule has 0 saturated heterocycles. The Kier molecular flexibility index (Phi) is 2.94. The highest BCUT2D eigenvalue weighted by Crippen LogP contribution is 2.26. The zero-order valence-electron chi connectivity index (χ0n) is 10.4. The van der Waals surface area contributed by atoms with Crippen LogP contribution in [0.4, 0.5) is 11.4 Å². The number of fused-ring (bicyclic) bond motifs is 1. The number of aromatic amines is 1. The van der Waals surface area contributed by atoms with Crippen molar-refractivity contribution in [2.24, 2.45) is 0 Å². The van der Waals surface area contributed by atoms with E-state index in [1.54, 1.807) is 18.2 Å². The number of carbonyl (C=O) groups is 1. The van der Waals surface area contributed by atoms with Crippen LogP contribution in [-0.4, -0.2) is 24.5 Å². The van der Waals surface area contributed by atoms with E-state index in [1.165, 1.54) is 12.4 Å². The van der Waals surface area contributed by atoms with Gasteiger partial charge in [-0.2, -0.15) is 5.10 Å². The molecule has 0 aliphatic carbocycles. The predicted molar refractivity (Wildman–Crippen MR) is 72.8 cm³/mol. The number of nitrogens with zero attached hydrogens (tertiary/aromatic N) is 1. The molecule has 3 rings (SSSR count). The SMILES string of the molecule is O=C1CCc2cc(NS(=O)(=O)c3cn[nH]c3)ccc2N1. The van der Waals surface area contributed by atoms with E-state index in [-0.39, 0.29) is 10.8 Å². The first-order valence-corrected chi connectivity index (χ1v) is 7.47. The lowest BCUT2D eigenvalue weighted by Crippen LogP contribution is -2.19. The fourth-order valence-electron chi connectivity index (χ4n) is 2.05. The molecule has 20 heavy (non-hydrogen) atoms. The van der Waals surface area contributed by atoms with E-state index in [9.17, 15) is 13.2 Å². The maximum Gasteiger partial charge on any atom is 0.265 e. The average Bonchev–Trinajstić information content (AvgIpc) is 2.93. The number of rotatable bonds is 3. The molecule has 0 bridgehead atoms. The van der Waals surface area contributed by atoms with Crippen molar-refractivity contribution in [3.05, 3.63) is 36.2 Å². The number of nitrogens with one attached hydrogen (secondary N) is 3. The molecule has 8 heteroatoms. The second-order valence-electron chi connectivity index (χ2n) is 4.46. The molecule has 1 aromatic heterocycles.